The molecule has 2 nitrogen and oxygen atoms in total. The highest BCUT2D eigenvalue weighted by molar-refractivity contribution is 5.75. The van der Waals surface area contributed by atoms with Crippen molar-refractivity contribution in [2.75, 3.05) is 0 Å². The van der Waals surface area contributed by atoms with E-state index in [4.69, 9.17) is 4.74 Å². The first-order valence-electron chi connectivity index (χ1n) is 6.19. The largest absolute Gasteiger partial charge is 0.488 e. The van der Waals surface area contributed by atoms with Crippen LogP contribution in [0, 0.1) is 6.92 Å². The van der Waals surface area contributed by atoms with E-state index < -0.39 is 0 Å². The second-order valence-electron chi connectivity index (χ2n) is 4.25. The maximum Gasteiger partial charge on any atom is 0.142 e. The minimum absolute atomic E-state index is 0.526. The van der Waals surface area contributed by atoms with Crippen molar-refractivity contribution >= 4 is 12.4 Å². The molecule has 0 amide bonds. The third-order valence-corrected chi connectivity index (χ3v) is 2.92. The lowest BCUT2D eigenvalue weighted by Gasteiger charge is -2.10. The van der Waals surface area contributed by atoms with E-state index in [0.717, 1.165) is 23.2 Å². The van der Waals surface area contributed by atoms with E-state index in [0.29, 0.717) is 6.61 Å². The van der Waals surface area contributed by atoms with Crippen molar-refractivity contribution in [2.24, 2.45) is 0 Å². The SMILES string of the molecule is Cc1ccccc1COc1ccccc1C=CC=O. The van der Waals surface area contributed by atoms with Gasteiger partial charge in [0.05, 0.1) is 0 Å². The van der Waals surface area contributed by atoms with E-state index in [-0.39, 0.29) is 0 Å². The number of carbonyl (C=O) groups excluding carboxylic acids is 1. The van der Waals surface area contributed by atoms with Crippen molar-refractivity contribution in [3.05, 3.63) is 71.3 Å². The van der Waals surface area contributed by atoms with Crippen LogP contribution in [-0.4, -0.2) is 6.29 Å². The lowest BCUT2D eigenvalue weighted by Crippen LogP contribution is -1.98. The molecule has 0 aliphatic rings. The van der Waals surface area contributed by atoms with E-state index in [9.17, 15) is 4.79 Å². The molecule has 0 fully saturated rings. The van der Waals surface area contributed by atoms with Crippen LogP contribution >= 0.6 is 0 Å². The molecule has 2 aromatic rings. The number of aryl methyl sites for hydroxylation is 1. The quantitative estimate of drug-likeness (QED) is 0.598. The molecule has 0 saturated carbocycles. The van der Waals surface area contributed by atoms with Crippen LogP contribution in [-0.2, 0) is 11.4 Å². The number of hydrogen-bond donors (Lipinski definition) is 0. The summed E-state index contributed by atoms with van der Waals surface area (Å²) >= 11 is 0. The third kappa shape index (κ3) is 3.55. The highest BCUT2D eigenvalue weighted by Crippen LogP contribution is 2.21. The van der Waals surface area contributed by atoms with Crippen LogP contribution < -0.4 is 4.74 Å². The molecule has 0 aromatic heterocycles. The minimum Gasteiger partial charge on any atom is -0.488 e. The van der Waals surface area contributed by atoms with Gasteiger partial charge in [-0.05, 0) is 36.3 Å². The zero-order valence-electron chi connectivity index (χ0n) is 10.9. The van der Waals surface area contributed by atoms with Gasteiger partial charge in [0.25, 0.3) is 0 Å². The summed E-state index contributed by atoms with van der Waals surface area (Å²) in [6, 6.07) is 15.8. The van der Waals surface area contributed by atoms with Gasteiger partial charge in [-0.25, -0.2) is 0 Å². The molecule has 0 aliphatic heterocycles. The topological polar surface area (TPSA) is 26.3 Å². The van der Waals surface area contributed by atoms with Gasteiger partial charge < -0.3 is 4.74 Å². The molecule has 96 valence electrons. The third-order valence-electron chi connectivity index (χ3n) is 2.92. The second kappa shape index (κ2) is 6.55. The molecule has 0 spiro atoms. The van der Waals surface area contributed by atoms with Gasteiger partial charge in [0.1, 0.15) is 18.6 Å². The van der Waals surface area contributed by atoms with E-state index in [1.165, 1.54) is 11.6 Å². The fraction of sp³-hybridized carbons (Fsp3) is 0.118. The summed E-state index contributed by atoms with van der Waals surface area (Å²) in [7, 11) is 0. The van der Waals surface area contributed by atoms with Gasteiger partial charge in [-0.15, -0.1) is 0 Å². The van der Waals surface area contributed by atoms with Crippen LogP contribution in [0.5, 0.6) is 5.75 Å². The predicted octanol–water partition coefficient (Wildman–Crippen LogP) is 3.79. The van der Waals surface area contributed by atoms with Crippen LogP contribution in [0.1, 0.15) is 16.7 Å². The Morgan fingerprint density at radius 1 is 1.05 bits per heavy atom. The summed E-state index contributed by atoms with van der Waals surface area (Å²) in [5, 5.41) is 0. The molecule has 19 heavy (non-hydrogen) atoms. The van der Waals surface area contributed by atoms with Crippen molar-refractivity contribution in [3.8, 4) is 5.75 Å². The van der Waals surface area contributed by atoms with E-state index in [1.807, 2.05) is 36.4 Å². The number of hydrogen-bond acceptors (Lipinski definition) is 2. The normalized spacial score (nSPS) is 10.6. The van der Waals surface area contributed by atoms with Crippen molar-refractivity contribution in [2.45, 2.75) is 13.5 Å². The Hall–Kier alpha value is -2.35. The zero-order chi connectivity index (χ0) is 13.5. The van der Waals surface area contributed by atoms with Crippen molar-refractivity contribution in [1.82, 2.24) is 0 Å². The maximum absolute atomic E-state index is 10.4. The van der Waals surface area contributed by atoms with Gasteiger partial charge in [0.15, 0.2) is 0 Å². The molecule has 2 rings (SSSR count). The standard InChI is InChI=1S/C17H16O2/c1-14-7-2-3-9-16(14)13-19-17-11-5-4-8-15(17)10-6-12-18/h2-12H,13H2,1H3. The summed E-state index contributed by atoms with van der Waals surface area (Å²) < 4.78 is 5.83. The highest BCUT2D eigenvalue weighted by Gasteiger charge is 2.02. The molecule has 0 bridgehead atoms. The number of carbonyl (C=O) groups is 1. The average Bonchev–Trinajstić information content (AvgIpc) is 2.45. The Kier molecular flexibility index (Phi) is 4.51. The highest BCUT2D eigenvalue weighted by atomic mass is 16.5. The molecule has 2 aromatic carbocycles. The number of benzene rings is 2. The summed E-state index contributed by atoms with van der Waals surface area (Å²) in [5.74, 6) is 0.781. The fourth-order valence-electron chi connectivity index (χ4n) is 1.82. The molecule has 0 N–H and O–H groups in total. The monoisotopic (exact) mass is 252 g/mol. The smallest absolute Gasteiger partial charge is 0.142 e. The van der Waals surface area contributed by atoms with Crippen LogP contribution in [0.4, 0.5) is 0 Å². The molecule has 2 heteroatoms. The van der Waals surface area contributed by atoms with E-state index in [1.54, 1.807) is 6.08 Å². The maximum atomic E-state index is 10.4. The van der Waals surface area contributed by atoms with Gasteiger partial charge in [-0.1, -0.05) is 42.5 Å². The molecular weight excluding hydrogens is 236 g/mol. The van der Waals surface area contributed by atoms with E-state index in [2.05, 4.69) is 19.1 Å². The molecular formula is C17H16O2. The Labute approximate surface area is 113 Å². The number of aldehydes is 1. The first-order valence-corrected chi connectivity index (χ1v) is 6.19. The summed E-state index contributed by atoms with van der Waals surface area (Å²) in [5.41, 5.74) is 3.28. The van der Waals surface area contributed by atoms with Crippen LogP contribution in [0.25, 0.3) is 6.08 Å². The Balaban J connectivity index is 2.13. The zero-order valence-corrected chi connectivity index (χ0v) is 10.9. The van der Waals surface area contributed by atoms with E-state index >= 15 is 0 Å². The lowest BCUT2D eigenvalue weighted by molar-refractivity contribution is -0.104. The van der Waals surface area contributed by atoms with Crippen LogP contribution in [0.3, 0.4) is 0 Å². The average molecular weight is 252 g/mol. The number of para-hydroxylation sites is 1. The number of rotatable bonds is 5. The minimum atomic E-state index is 0.526. The first-order chi connectivity index (χ1) is 9.31. The number of allylic oxidation sites excluding steroid dienone is 1. The fourth-order valence-corrected chi connectivity index (χ4v) is 1.82. The molecule has 0 radical (unpaired) electrons. The molecule has 0 atom stereocenters. The van der Waals surface area contributed by atoms with Gasteiger partial charge in [-0.3, -0.25) is 4.79 Å². The van der Waals surface area contributed by atoms with Gasteiger partial charge >= 0.3 is 0 Å². The van der Waals surface area contributed by atoms with Crippen LogP contribution in [0.15, 0.2) is 54.6 Å². The summed E-state index contributed by atoms with van der Waals surface area (Å²) in [6.45, 7) is 2.59. The van der Waals surface area contributed by atoms with Crippen LogP contribution in [0.2, 0.25) is 0 Å². The van der Waals surface area contributed by atoms with Crippen molar-refractivity contribution in [1.29, 1.82) is 0 Å². The molecule has 0 unspecified atom stereocenters. The lowest BCUT2D eigenvalue weighted by atomic mass is 10.1. The Morgan fingerprint density at radius 3 is 2.58 bits per heavy atom. The van der Waals surface area contributed by atoms with Gasteiger partial charge in [0, 0.05) is 5.56 Å². The van der Waals surface area contributed by atoms with Crippen molar-refractivity contribution < 1.29 is 9.53 Å². The summed E-state index contributed by atoms with van der Waals surface area (Å²) in [6.07, 6.45) is 3.98. The molecule has 0 saturated heterocycles. The first kappa shape index (κ1) is 13.1. The predicted molar refractivity (Wildman–Crippen MR) is 77.1 cm³/mol. The van der Waals surface area contributed by atoms with Gasteiger partial charge in [0.2, 0.25) is 0 Å². The Bertz CT molecular complexity index is 585. The molecule has 0 aliphatic carbocycles. The van der Waals surface area contributed by atoms with Gasteiger partial charge in [-0.2, -0.15) is 0 Å². The molecule has 0 heterocycles. The summed E-state index contributed by atoms with van der Waals surface area (Å²) in [4.78, 5) is 10.4. The Morgan fingerprint density at radius 2 is 1.79 bits per heavy atom. The number of ether oxygens (including phenoxy) is 1. The second-order valence-corrected chi connectivity index (χ2v) is 4.25. The van der Waals surface area contributed by atoms with Crippen molar-refractivity contribution in [3.63, 3.8) is 0 Å².